The highest BCUT2D eigenvalue weighted by Gasteiger charge is 2.15. The fourth-order valence-corrected chi connectivity index (χ4v) is 2.43. The van der Waals surface area contributed by atoms with Gasteiger partial charge in [0.25, 0.3) is 0 Å². The fourth-order valence-electron chi connectivity index (χ4n) is 2.43. The molecule has 1 heterocycles. The van der Waals surface area contributed by atoms with Gasteiger partial charge in [0, 0.05) is 23.8 Å². The van der Waals surface area contributed by atoms with E-state index in [1.165, 1.54) is 12.1 Å². The highest BCUT2D eigenvalue weighted by molar-refractivity contribution is 5.85. The molecule has 0 aliphatic carbocycles. The van der Waals surface area contributed by atoms with Gasteiger partial charge in [0.05, 0.1) is 17.8 Å². The summed E-state index contributed by atoms with van der Waals surface area (Å²) in [5.74, 6) is -0.334. The van der Waals surface area contributed by atoms with E-state index in [1.807, 2.05) is 20.8 Å². The lowest BCUT2D eigenvalue weighted by Crippen LogP contribution is -2.30. The van der Waals surface area contributed by atoms with Crippen LogP contribution in [0.4, 0.5) is 4.39 Å². The number of hydrogen-bond acceptors (Lipinski definition) is 3. The predicted molar refractivity (Wildman–Crippen MR) is 95.2 cm³/mol. The van der Waals surface area contributed by atoms with Crippen LogP contribution >= 0.6 is 12.4 Å². The van der Waals surface area contributed by atoms with Crippen LogP contribution in [0.25, 0.3) is 5.69 Å². The third kappa shape index (κ3) is 5.04. The Morgan fingerprint density at radius 2 is 1.96 bits per heavy atom. The number of nitrogens with two attached hydrogens (primary N) is 1. The smallest absolute Gasteiger partial charge is 0.224 e. The molecule has 0 aliphatic rings. The molecule has 0 fully saturated rings. The SMILES string of the molecule is Cc1nn(-c2ccc(F)cc2)c(C)c1CC(=O)NCCC(C)N.Cl. The molecule has 2 rings (SSSR count). The first-order valence-corrected chi connectivity index (χ1v) is 7.71. The quantitative estimate of drug-likeness (QED) is 0.836. The third-order valence-electron chi connectivity index (χ3n) is 3.77. The van der Waals surface area contributed by atoms with Crippen molar-refractivity contribution in [2.75, 3.05) is 6.54 Å². The van der Waals surface area contributed by atoms with Gasteiger partial charge in [-0.25, -0.2) is 9.07 Å². The molecule has 0 spiro atoms. The van der Waals surface area contributed by atoms with Crippen LogP contribution in [0, 0.1) is 19.7 Å². The number of aromatic nitrogens is 2. The minimum absolute atomic E-state index is 0. The minimum Gasteiger partial charge on any atom is -0.356 e. The Bertz CT molecular complexity index is 683. The lowest BCUT2D eigenvalue weighted by atomic mass is 10.1. The van der Waals surface area contributed by atoms with Crippen molar-refractivity contribution in [2.45, 2.75) is 39.7 Å². The van der Waals surface area contributed by atoms with Gasteiger partial charge in [-0.1, -0.05) is 0 Å². The molecule has 0 bridgehead atoms. The number of carbonyl (C=O) groups excluding carboxylic acids is 1. The van der Waals surface area contributed by atoms with Crippen molar-refractivity contribution in [3.8, 4) is 5.69 Å². The molecule has 1 aromatic heterocycles. The highest BCUT2D eigenvalue weighted by Crippen LogP contribution is 2.18. The molecule has 3 N–H and O–H groups in total. The normalized spacial score (nSPS) is 11.7. The summed E-state index contributed by atoms with van der Waals surface area (Å²) in [6.45, 7) is 6.26. The molecular formula is C17H24ClFN4O. The zero-order valence-electron chi connectivity index (χ0n) is 14.2. The van der Waals surface area contributed by atoms with E-state index in [4.69, 9.17) is 5.73 Å². The van der Waals surface area contributed by atoms with Gasteiger partial charge in [0.2, 0.25) is 5.91 Å². The summed E-state index contributed by atoms with van der Waals surface area (Å²) in [5.41, 5.74) is 9.02. The van der Waals surface area contributed by atoms with Gasteiger partial charge in [-0.2, -0.15) is 5.10 Å². The van der Waals surface area contributed by atoms with E-state index in [0.717, 1.165) is 29.1 Å². The van der Waals surface area contributed by atoms with Crippen LogP contribution in [0.1, 0.15) is 30.3 Å². The maximum atomic E-state index is 13.0. The Morgan fingerprint density at radius 3 is 2.54 bits per heavy atom. The summed E-state index contributed by atoms with van der Waals surface area (Å²) in [6, 6.07) is 6.20. The molecule has 1 aromatic carbocycles. The summed E-state index contributed by atoms with van der Waals surface area (Å²) < 4.78 is 14.8. The van der Waals surface area contributed by atoms with E-state index in [2.05, 4.69) is 10.4 Å². The predicted octanol–water partition coefficient (Wildman–Crippen LogP) is 2.45. The molecule has 5 nitrogen and oxygen atoms in total. The molecule has 0 saturated heterocycles. The van der Waals surface area contributed by atoms with Crippen molar-refractivity contribution in [1.82, 2.24) is 15.1 Å². The molecule has 24 heavy (non-hydrogen) atoms. The average molecular weight is 355 g/mol. The van der Waals surface area contributed by atoms with Crippen molar-refractivity contribution >= 4 is 18.3 Å². The summed E-state index contributed by atoms with van der Waals surface area (Å²) in [5, 5.41) is 7.33. The van der Waals surface area contributed by atoms with E-state index in [1.54, 1.807) is 16.8 Å². The number of amides is 1. The largest absolute Gasteiger partial charge is 0.356 e. The van der Waals surface area contributed by atoms with E-state index in [9.17, 15) is 9.18 Å². The topological polar surface area (TPSA) is 72.9 Å². The number of nitrogens with one attached hydrogen (secondary N) is 1. The second-order valence-corrected chi connectivity index (χ2v) is 5.83. The first-order valence-electron chi connectivity index (χ1n) is 7.71. The van der Waals surface area contributed by atoms with Gasteiger partial charge in [0.15, 0.2) is 0 Å². The Morgan fingerprint density at radius 1 is 1.33 bits per heavy atom. The molecule has 2 aromatic rings. The average Bonchev–Trinajstić information content (AvgIpc) is 2.76. The second kappa shape index (κ2) is 8.80. The Kier molecular flexibility index (Phi) is 7.38. The lowest BCUT2D eigenvalue weighted by Gasteiger charge is -2.08. The van der Waals surface area contributed by atoms with E-state index < -0.39 is 0 Å². The molecule has 1 unspecified atom stereocenters. The molecule has 1 atom stereocenters. The summed E-state index contributed by atoms with van der Waals surface area (Å²) in [4.78, 5) is 12.1. The van der Waals surface area contributed by atoms with Crippen LogP contribution in [-0.4, -0.2) is 28.3 Å². The third-order valence-corrected chi connectivity index (χ3v) is 3.77. The van der Waals surface area contributed by atoms with Gasteiger partial charge in [-0.15, -0.1) is 12.4 Å². The monoisotopic (exact) mass is 354 g/mol. The number of nitrogens with zero attached hydrogens (tertiary/aromatic N) is 2. The molecule has 7 heteroatoms. The second-order valence-electron chi connectivity index (χ2n) is 5.83. The van der Waals surface area contributed by atoms with Gasteiger partial charge in [-0.3, -0.25) is 4.79 Å². The number of halogens is 2. The summed E-state index contributed by atoms with van der Waals surface area (Å²) >= 11 is 0. The summed E-state index contributed by atoms with van der Waals surface area (Å²) in [6.07, 6.45) is 1.02. The fraction of sp³-hybridized carbons (Fsp3) is 0.412. The van der Waals surface area contributed by atoms with Crippen LogP contribution in [0.5, 0.6) is 0 Å². The van der Waals surface area contributed by atoms with Crippen LogP contribution in [0.3, 0.4) is 0 Å². The molecule has 0 saturated carbocycles. The Balaban J connectivity index is 0.00000288. The number of aryl methyl sites for hydroxylation is 1. The van der Waals surface area contributed by atoms with E-state index >= 15 is 0 Å². The standard InChI is InChI=1S/C17H23FN4O.ClH/c1-11(19)8-9-20-17(23)10-16-12(2)21-22(13(16)3)15-6-4-14(18)5-7-15;/h4-7,11H,8-10,19H2,1-3H3,(H,20,23);1H. The summed E-state index contributed by atoms with van der Waals surface area (Å²) in [7, 11) is 0. The molecule has 1 amide bonds. The van der Waals surface area contributed by atoms with E-state index in [0.29, 0.717) is 6.54 Å². The number of carbonyl (C=O) groups is 1. The number of hydrogen-bond donors (Lipinski definition) is 2. The van der Waals surface area contributed by atoms with Crippen molar-refractivity contribution < 1.29 is 9.18 Å². The maximum absolute atomic E-state index is 13.0. The number of rotatable bonds is 6. The number of benzene rings is 1. The van der Waals surface area contributed by atoms with Gasteiger partial charge < -0.3 is 11.1 Å². The Hall–Kier alpha value is -1.92. The van der Waals surface area contributed by atoms with Crippen LogP contribution in [0.15, 0.2) is 24.3 Å². The van der Waals surface area contributed by atoms with Gasteiger partial charge in [0.1, 0.15) is 5.82 Å². The van der Waals surface area contributed by atoms with Crippen LogP contribution in [-0.2, 0) is 11.2 Å². The van der Waals surface area contributed by atoms with Gasteiger partial charge >= 0.3 is 0 Å². The molecule has 0 radical (unpaired) electrons. The van der Waals surface area contributed by atoms with Gasteiger partial charge in [-0.05, 0) is 51.5 Å². The van der Waals surface area contributed by atoms with Crippen molar-refractivity contribution in [1.29, 1.82) is 0 Å². The highest BCUT2D eigenvalue weighted by atomic mass is 35.5. The maximum Gasteiger partial charge on any atom is 0.224 e. The van der Waals surface area contributed by atoms with Crippen LogP contribution in [0.2, 0.25) is 0 Å². The molecule has 132 valence electrons. The van der Waals surface area contributed by atoms with Crippen molar-refractivity contribution in [3.63, 3.8) is 0 Å². The van der Waals surface area contributed by atoms with Crippen molar-refractivity contribution in [2.24, 2.45) is 5.73 Å². The van der Waals surface area contributed by atoms with Crippen LogP contribution < -0.4 is 11.1 Å². The zero-order chi connectivity index (χ0) is 17.0. The van der Waals surface area contributed by atoms with E-state index in [-0.39, 0.29) is 36.6 Å². The zero-order valence-corrected chi connectivity index (χ0v) is 15.0. The molecule has 0 aliphatic heterocycles. The first kappa shape index (κ1) is 20.1. The molecular weight excluding hydrogens is 331 g/mol. The first-order chi connectivity index (χ1) is 10.9. The minimum atomic E-state index is -0.288. The Labute approximate surface area is 147 Å². The lowest BCUT2D eigenvalue weighted by molar-refractivity contribution is -0.120. The van der Waals surface area contributed by atoms with Crippen molar-refractivity contribution in [3.05, 3.63) is 47.0 Å².